The Morgan fingerprint density at radius 2 is 1.41 bits per heavy atom. The molecular formula is C30H38N4O5. The molecule has 9 nitrogen and oxygen atoms in total. The van der Waals surface area contributed by atoms with Crippen LogP contribution in [0.15, 0.2) is 60.7 Å². The van der Waals surface area contributed by atoms with Crippen LogP contribution in [0.5, 0.6) is 0 Å². The third-order valence-corrected chi connectivity index (χ3v) is 7.60. The fourth-order valence-corrected chi connectivity index (χ4v) is 5.66. The third-order valence-electron chi connectivity index (χ3n) is 7.60. The maximum absolute atomic E-state index is 13.9. The molecule has 2 saturated heterocycles. The van der Waals surface area contributed by atoms with Crippen LogP contribution in [0.2, 0.25) is 0 Å². The highest BCUT2D eigenvalue weighted by atomic mass is 16.4. The Bertz CT molecular complexity index is 1140. The smallest absolute Gasteiger partial charge is 0.326 e. The number of nitrogens with zero attached hydrogens (tertiary/aromatic N) is 2. The summed E-state index contributed by atoms with van der Waals surface area (Å²) < 4.78 is 0. The van der Waals surface area contributed by atoms with Gasteiger partial charge in [0.25, 0.3) is 0 Å². The second kappa shape index (κ2) is 13.4. The molecule has 4 atom stereocenters. The average Bonchev–Trinajstić information content (AvgIpc) is 3.43. The summed E-state index contributed by atoms with van der Waals surface area (Å²) in [6.45, 7) is 0.757. The Hall–Kier alpha value is -3.72. The highest BCUT2D eigenvalue weighted by molar-refractivity contribution is 5.94. The van der Waals surface area contributed by atoms with Crippen LogP contribution in [-0.2, 0) is 32.0 Å². The third kappa shape index (κ3) is 7.44. The maximum Gasteiger partial charge on any atom is 0.326 e. The van der Waals surface area contributed by atoms with Crippen LogP contribution >= 0.6 is 0 Å². The lowest BCUT2D eigenvalue weighted by Gasteiger charge is -2.37. The molecular weight excluding hydrogens is 496 g/mol. The predicted octanol–water partition coefficient (Wildman–Crippen LogP) is 2.13. The van der Waals surface area contributed by atoms with Gasteiger partial charge in [0.15, 0.2) is 0 Å². The van der Waals surface area contributed by atoms with Crippen molar-refractivity contribution in [1.29, 1.82) is 0 Å². The van der Waals surface area contributed by atoms with Crippen molar-refractivity contribution in [3.05, 3.63) is 71.8 Å². The lowest BCUT2D eigenvalue weighted by atomic mass is 10.00. The number of benzene rings is 2. The number of carbonyl (C=O) groups is 4. The largest absolute Gasteiger partial charge is 0.480 e. The fraction of sp³-hybridized carbons (Fsp3) is 0.467. The van der Waals surface area contributed by atoms with Crippen LogP contribution in [0.4, 0.5) is 0 Å². The van der Waals surface area contributed by atoms with Gasteiger partial charge < -0.3 is 26.0 Å². The van der Waals surface area contributed by atoms with Gasteiger partial charge in [0.2, 0.25) is 17.7 Å². The molecule has 208 valence electrons. The number of likely N-dealkylation sites (tertiary alicyclic amines) is 2. The molecule has 3 amide bonds. The van der Waals surface area contributed by atoms with Gasteiger partial charge in [-0.2, -0.15) is 0 Å². The first-order valence-corrected chi connectivity index (χ1v) is 13.8. The number of carbonyl (C=O) groups excluding carboxylic acids is 3. The molecule has 0 saturated carbocycles. The number of hydrogen-bond acceptors (Lipinski definition) is 5. The summed E-state index contributed by atoms with van der Waals surface area (Å²) >= 11 is 0. The number of nitrogens with one attached hydrogen (secondary N) is 1. The second-order valence-electron chi connectivity index (χ2n) is 10.5. The number of carboxylic acid groups (broad SMARTS) is 1. The minimum absolute atomic E-state index is 0.0594. The Kier molecular flexibility index (Phi) is 9.70. The van der Waals surface area contributed by atoms with E-state index in [2.05, 4.69) is 5.32 Å². The van der Waals surface area contributed by atoms with Crippen molar-refractivity contribution in [2.75, 3.05) is 13.1 Å². The summed E-state index contributed by atoms with van der Waals surface area (Å²) in [5.74, 6) is -1.98. The number of nitrogens with two attached hydrogens (primary N) is 1. The first kappa shape index (κ1) is 28.3. The molecule has 1 unspecified atom stereocenters. The van der Waals surface area contributed by atoms with Gasteiger partial charge in [-0.15, -0.1) is 0 Å². The van der Waals surface area contributed by atoms with Gasteiger partial charge in [-0.1, -0.05) is 60.7 Å². The number of piperidine rings is 1. The molecule has 9 heteroatoms. The van der Waals surface area contributed by atoms with Gasteiger partial charge in [-0.05, 0) is 49.7 Å². The molecule has 0 radical (unpaired) electrons. The molecule has 39 heavy (non-hydrogen) atoms. The Morgan fingerprint density at radius 1 is 0.821 bits per heavy atom. The minimum atomic E-state index is -1.01. The van der Waals surface area contributed by atoms with E-state index in [1.165, 1.54) is 9.80 Å². The van der Waals surface area contributed by atoms with Crippen molar-refractivity contribution in [2.24, 2.45) is 5.73 Å². The van der Waals surface area contributed by atoms with E-state index in [0.29, 0.717) is 38.8 Å². The van der Waals surface area contributed by atoms with Gasteiger partial charge in [0.05, 0.1) is 0 Å². The van der Waals surface area contributed by atoms with E-state index in [-0.39, 0.29) is 30.6 Å². The average molecular weight is 535 g/mol. The van der Waals surface area contributed by atoms with Crippen molar-refractivity contribution in [2.45, 2.75) is 75.5 Å². The SMILES string of the molecule is NC(CC(=O)N[C@@H](Cc1ccccc1)C(=O)N1CCC[C@H]1C(=O)N1CCCC[C@H]1C(=O)O)Cc1ccccc1. The van der Waals surface area contributed by atoms with E-state index in [9.17, 15) is 24.3 Å². The first-order valence-electron chi connectivity index (χ1n) is 13.8. The van der Waals surface area contributed by atoms with Gasteiger partial charge in [-0.25, -0.2) is 4.79 Å². The molecule has 2 aromatic carbocycles. The van der Waals surface area contributed by atoms with Crippen LogP contribution in [0.3, 0.4) is 0 Å². The topological polar surface area (TPSA) is 133 Å². The molecule has 4 N–H and O–H groups in total. The molecule has 2 aliphatic heterocycles. The fourth-order valence-electron chi connectivity index (χ4n) is 5.66. The highest BCUT2D eigenvalue weighted by Crippen LogP contribution is 2.25. The van der Waals surface area contributed by atoms with E-state index in [1.54, 1.807) is 0 Å². The van der Waals surface area contributed by atoms with Crippen LogP contribution in [0.1, 0.15) is 49.7 Å². The predicted molar refractivity (Wildman–Crippen MR) is 147 cm³/mol. The van der Waals surface area contributed by atoms with E-state index >= 15 is 0 Å². The van der Waals surface area contributed by atoms with Crippen LogP contribution in [0, 0.1) is 0 Å². The molecule has 2 aliphatic rings. The summed E-state index contributed by atoms with van der Waals surface area (Å²) in [6, 6.07) is 16.2. The zero-order chi connectivity index (χ0) is 27.8. The van der Waals surface area contributed by atoms with E-state index < -0.39 is 30.1 Å². The van der Waals surface area contributed by atoms with E-state index in [1.807, 2.05) is 60.7 Å². The van der Waals surface area contributed by atoms with Crippen molar-refractivity contribution in [1.82, 2.24) is 15.1 Å². The van der Waals surface area contributed by atoms with Crippen LogP contribution in [0.25, 0.3) is 0 Å². The maximum atomic E-state index is 13.9. The molecule has 0 spiro atoms. The lowest BCUT2D eigenvalue weighted by molar-refractivity contribution is -0.156. The molecule has 2 fully saturated rings. The normalized spacial score (nSPS) is 20.7. The quantitative estimate of drug-likeness (QED) is 0.428. The minimum Gasteiger partial charge on any atom is -0.480 e. The highest BCUT2D eigenvalue weighted by Gasteiger charge is 2.42. The summed E-state index contributed by atoms with van der Waals surface area (Å²) in [4.78, 5) is 55.2. The summed E-state index contributed by atoms with van der Waals surface area (Å²) in [6.07, 6.45) is 3.90. The number of carboxylic acids is 1. The van der Waals surface area contributed by atoms with Crippen LogP contribution in [-0.4, -0.2) is 75.9 Å². The summed E-state index contributed by atoms with van der Waals surface area (Å²) in [5.41, 5.74) is 8.18. The molecule has 0 aliphatic carbocycles. The molecule has 2 heterocycles. The number of rotatable bonds is 10. The van der Waals surface area contributed by atoms with Crippen molar-refractivity contribution < 1.29 is 24.3 Å². The van der Waals surface area contributed by atoms with Crippen molar-refractivity contribution in [3.8, 4) is 0 Å². The van der Waals surface area contributed by atoms with Crippen molar-refractivity contribution in [3.63, 3.8) is 0 Å². The Balaban J connectivity index is 1.47. The zero-order valence-electron chi connectivity index (χ0n) is 22.2. The summed E-state index contributed by atoms with van der Waals surface area (Å²) in [7, 11) is 0. The monoisotopic (exact) mass is 534 g/mol. The zero-order valence-corrected chi connectivity index (χ0v) is 22.2. The van der Waals surface area contributed by atoms with Gasteiger partial charge in [0, 0.05) is 32.0 Å². The Morgan fingerprint density at radius 3 is 2.05 bits per heavy atom. The second-order valence-corrected chi connectivity index (χ2v) is 10.5. The number of aliphatic carboxylic acids is 1. The number of amides is 3. The first-order chi connectivity index (χ1) is 18.8. The number of hydrogen-bond donors (Lipinski definition) is 3. The molecule has 2 aromatic rings. The van der Waals surface area contributed by atoms with Gasteiger partial charge >= 0.3 is 5.97 Å². The molecule has 0 bridgehead atoms. The Labute approximate surface area is 229 Å². The molecule has 4 rings (SSSR count). The van der Waals surface area contributed by atoms with E-state index in [4.69, 9.17) is 5.73 Å². The van der Waals surface area contributed by atoms with Crippen LogP contribution < -0.4 is 11.1 Å². The lowest BCUT2D eigenvalue weighted by Crippen LogP contribution is -2.58. The standard InChI is InChI=1S/C30H38N4O5/c31-23(18-21-10-3-1-4-11-21)20-27(35)32-24(19-22-12-5-2-6-13-22)28(36)33-17-9-15-25(33)29(37)34-16-8-7-14-26(34)30(38)39/h1-6,10-13,23-26H,7-9,14-20,31H2,(H,32,35)(H,38,39)/t23?,24-,25-,26-/m0/s1. The molecule has 0 aromatic heterocycles. The van der Waals surface area contributed by atoms with Gasteiger partial charge in [0.1, 0.15) is 18.1 Å². The van der Waals surface area contributed by atoms with Gasteiger partial charge in [-0.3, -0.25) is 14.4 Å². The van der Waals surface area contributed by atoms with Crippen molar-refractivity contribution >= 4 is 23.7 Å². The summed E-state index contributed by atoms with van der Waals surface area (Å²) in [5, 5.41) is 12.6. The van der Waals surface area contributed by atoms with E-state index in [0.717, 1.165) is 24.0 Å².